The van der Waals surface area contributed by atoms with Crippen LogP contribution in [0.5, 0.6) is 5.75 Å². The van der Waals surface area contributed by atoms with Gasteiger partial charge in [0.1, 0.15) is 5.75 Å². The normalized spacial score (nSPS) is 18.7. The molecule has 0 N–H and O–H groups in total. The molecule has 150 valence electrons. The number of amides is 3. The van der Waals surface area contributed by atoms with Gasteiger partial charge in [-0.25, -0.2) is 0 Å². The van der Waals surface area contributed by atoms with Crippen molar-refractivity contribution in [3.05, 3.63) is 64.7 Å². The third-order valence-electron chi connectivity index (χ3n) is 4.93. The van der Waals surface area contributed by atoms with Crippen LogP contribution >= 0.6 is 11.6 Å². The third-order valence-corrected chi connectivity index (χ3v) is 5.18. The van der Waals surface area contributed by atoms with Crippen molar-refractivity contribution in [2.75, 3.05) is 32.8 Å². The number of hydrogen-bond donors (Lipinski definition) is 0. The van der Waals surface area contributed by atoms with Gasteiger partial charge in [0, 0.05) is 18.1 Å². The molecule has 0 radical (unpaired) electrons. The fourth-order valence-electron chi connectivity index (χ4n) is 3.43. The summed E-state index contributed by atoms with van der Waals surface area (Å²) in [6, 6.07) is 13.5. The van der Waals surface area contributed by atoms with Gasteiger partial charge in [0.2, 0.25) is 0 Å². The minimum Gasteiger partial charge on any atom is -0.484 e. The molecule has 3 amide bonds. The number of hydrogen-bond acceptors (Lipinski definition) is 5. The van der Waals surface area contributed by atoms with E-state index in [4.69, 9.17) is 21.1 Å². The molecule has 7 nitrogen and oxygen atoms in total. The number of imide groups is 1. The lowest BCUT2D eigenvalue weighted by molar-refractivity contribution is -0.141. The van der Waals surface area contributed by atoms with Gasteiger partial charge < -0.3 is 14.4 Å². The Morgan fingerprint density at radius 1 is 1.07 bits per heavy atom. The average molecular weight is 415 g/mol. The standard InChI is InChI=1S/C21H19ClN2O5/c22-14-5-7-15(8-6-14)29-13-19(25)23-9-10-28-16(11-23)12-24-20(26)17-3-1-2-4-18(17)21(24)27/h1-8,16H,9-13H2. The van der Waals surface area contributed by atoms with Gasteiger partial charge in [-0.15, -0.1) is 0 Å². The van der Waals surface area contributed by atoms with Gasteiger partial charge in [0.15, 0.2) is 6.61 Å². The van der Waals surface area contributed by atoms with Crippen LogP contribution < -0.4 is 4.74 Å². The van der Waals surface area contributed by atoms with Gasteiger partial charge in [0.25, 0.3) is 17.7 Å². The Morgan fingerprint density at radius 3 is 2.38 bits per heavy atom. The molecule has 2 aliphatic heterocycles. The molecule has 0 spiro atoms. The van der Waals surface area contributed by atoms with E-state index in [-0.39, 0.29) is 37.4 Å². The summed E-state index contributed by atoms with van der Waals surface area (Å²) >= 11 is 5.84. The second kappa shape index (κ2) is 8.23. The third kappa shape index (κ3) is 4.11. The van der Waals surface area contributed by atoms with Crippen molar-refractivity contribution >= 4 is 29.3 Å². The maximum absolute atomic E-state index is 12.5. The first-order valence-corrected chi connectivity index (χ1v) is 9.63. The van der Waals surface area contributed by atoms with Gasteiger partial charge >= 0.3 is 0 Å². The molecule has 8 heteroatoms. The Kier molecular flexibility index (Phi) is 5.51. The number of benzene rings is 2. The second-order valence-corrected chi connectivity index (χ2v) is 7.28. The van der Waals surface area contributed by atoms with Crippen molar-refractivity contribution in [3.8, 4) is 5.75 Å². The molecule has 4 rings (SSSR count). The number of halogens is 1. The van der Waals surface area contributed by atoms with Crippen molar-refractivity contribution < 1.29 is 23.9 Å². The van der Waals surface area contributed by atoms with E-state index in [1.54, 1.807) is 53.4 Å². The lowest BCUT2D eigenvalue weighted by atomic mass is 10.1. The SMILES string of the molecule is O=C(COc1ccc(Cl)cc1)N1CCOC(CN2C(=O)c3ccccc3C2=O)C1. The van der Waals surface area contributed by atoms with E-state index in [2.05, 4.69) is 0 Å². The predicted molar refractivity (Wildman–Crippen MR) is 105 cm³/mol. The molecule has 0 saturated carbocycles. The Morgan fingerprint density at radius 2 is 1.72 bits per heavy atom. The topological polar surface area (TPSA) is 76.2 Å². The lowest BCUT2D eigenvalue weighted by Gasteiger charge is -2.34. The molecule has 0 aromatic heterocycles. The highest BCUT2D eigenvalue weighted by molar-refractivity contribution is 6.30. The summed E-state index contributed by atoms with van der Waals surface area (Å²) < 4.78 is 11.2. The molecule has 0 aliphatic carbocycles. The summed E-state index contributed by atoms with van der Waals surface area (Å²) in [4.78, 5) is 40.4. The summed E-state index contributed by atoms with van der Waals surface area (Å²) in [5.74, 6) is -0.290. The predicted octanol–water partition coefficient (Wildman–Crippen LogP) is 2.24. The van der Waals surface area contributed by atoms with E-state index in [9.17, 15) is 14.4 Å². The van der Waals surface area contributed by atoms with Crippen LogP contribution in [0, 0.1) is 0 Å². The maximum atomic E-state index is 12.5. The Bertz CT molecular complexity index is 911. The van der Waals surface area contributed by atoms with Crippen LogP contribution in [0.15, 0.2) is 48.5 Å². The first kappa shape index (κ1) is 19.4. The number of carbonyl (C=O) groups is 3. The second-order valence-electron chi connectivity index (χ2n) is 6.84. The summed E-state index contributed by atoms with van der Waals surface area (Å²) in [5.41, 5.74) is 0.801. The summed E-state index contributed by atoms with van der Waals surface area (Å²) in [6.07, 6.45) is -0.439. The van der Waals surface area contributed by atoms with Crippen LogP contribution in [-0.2, 0) is 9.53 Å². The van der Waals surface area contributed by atoms with Crippen LogP contribution in [0.3, 0.4) is 0 Å². The van der Waals surface area contributed by atoms with Crippen molar-refractivity contribution in [2.45, 2.75) is 6.10 Å². The molecular formula is C21H19ClN2O5. The molecule has 29 heavy (non-hydrogen) atoms. The zero-order chi connectivity index (χ0) is 20.4. The van der Waals surface area contributed by atoms with E-state index < -0.39 is 6.10 Å². The molecule has 1 unspecified atom stereocenters. The van der Waals surface area contributed by atoms with Gasteiger partial charge in [0.05, 0.1) is 30.4 Å². The highest BCUT2D eigenvalue weighted by Gasteiger charge is 2.37. The number of ether oxygens (including phenoxy) is 2. The quantitative estimate of drug-likeness (QED) is 0.701. The first-order valence-electron chi connectivity index (χ1n) is 9.26. The molecule has 0 bridgehead atoms. The number of nitrogens with zero attached hydrogens (tertiary/aromatic N) is 2. The van der Waals surface area contributed by atoms with Gasteiger partial charge in [-0.2, -0.15) is 0 Å². The minimum atomic E-state index is -0.439. The lowest BCUT2D eigenvalue weighted by Crippen LogP contribution is -2.51. The van der Waals surface area contributed by atoms with Crippen LogP contribution in [0.4, 0.5) is 0 Å². The minimum absolute atomic E-state index is 0.105. The van der Waals surface area contributed by atoms with Gasteiger partial charge in [-0.3, -0.25) is 19.3 Å². The Balaban J connectivity index is 1.34. The number of rotatable bonds is 5. The van der Waals surface area contributed by atoms with Crippen LogP contribution in [0.1, 0.15) is 20.7 Å². The summed E-state index contributed by atoms with van der Waals surface area (Å²) in [5, 5.41) is 0.591. The van der Waals surface area contributed by atoms with Crippen molar-refractivity contribution in [2.24, 2.45) is 0 Å². The van der Waals surface area contributed by atoms with E-state index in [0.29, 0.717) is 35.1 Å². The molecule has 2 aliphatic rings. The van der Waals surface area contributed by atoms with Crippen LogP contribution in [0.25, 0.3) is 0 Å². The molecule has 2 heterocycles. The smallest absolute Gasteiger partial charge is 0.261 e. The fraction of sp³-hybridized carbons (Fsp3) is 0.286. The van der Waals surface area contributed by atoms with E-state index in [0.717, 1.165) is 0 Å². The number of carbonyl (C=O) groups excluding carboxylic acids is 3. The van der Waals surface area contributed by atoms with Crippen molar-refractivity contribution in [1.29, 1.82) is 0 Å². The van der Waals surface area contributed by atoms with Gasteiger partial charge in [-0.1, -0.05) is 23.7 Å². The van der Waals surface area contributed by atoms with Gasteiger partial charge in [-0.05, 0) is 36.4 Å². The number of morpholine rings is 1. The van der Waals surface area contributed by atoms with E-state index in [1.807, 2.05) is 0 Å². The number of fused-ring (bicyclic) bond motifs is 1. The Labute approximate surface area is 172 Å². The monoisotopic (exact) mass is 414 g/mol. The van der Waals surface area contributed by atoms with Crippen LogP contribution in [-0.4, -0.2) is 66.5 Å². The average Bonchev–Trinajstić information content (AvgIpc) is 2.98. The first-order chi connectivity index (χ1) is 14.0. The largest absolute Gasteiger partial charge is 0.484 e. The van der Waals surface area contributed by atoms with E-state index >= 15 is 0 Å². The summed E-state index contributed by atoms with van der Waals surface area (Å²) in [6.45, 7) is 1.05. The maximum Gasteiger partial charge on any atom is 0.261 e. The summed E-state index contributed by atoms with van der Waals surface area (Å²) in [7, 11) is 0. The molecule has 2 aromatic rings. The zero-order valence-electron chi connectivity index (χ0n) is 15.5. The molecule has 1 fully saturated rings. The molecule has 2 aromatic carbocycles. The zero-order valence-corrected chi connectivity index (χ0v) is 16.3. The van der Waals surface area contributed by atoms with Crippen molar-refractivity contribution in [3.63, 3.8) is 0 Å². The molecule has 1 atom stereocenters. The highest BCUT2D eigenvalue weighted by Crippen LogP contribution is 2.23. The Hall–Kier alpha value is -2.90. The van der Waals surface area contributed by atoms with Crippen molar-refractivity contribution in [1.82, 2.24) is 9.80 Å². The van der Waals surface area contributed by atoms with Crippen LogP contribution in [0.2, 0.25) is 5.02 Å². The fourth-order valence-corrected chi connectivity index (χ4v) is 3.56. The molecular weight excluding hydrogens is 396 g/mol. The van der Waals surface area contributed by atoms with E-state index in [1.165, 1.54) is 4.90 Å². The molecule has 1 saturated heterocycles. The highest BCUT2D eigenvalue weighted by atomic mass is 35.5.